The standard InChI is InChI=1S/C8H16N2O2/c1-12-6-4-10(5-6)7-2-9-3-8(7)11/h6-9,11H,2-5H2,1H3. The first-order valence-electron chi connectivity index (χ1n) is 4.47. The van der Waals surface area contributed by atoms with Gasteiger partial charge >= 0.3 is 0 Å². The topological polar surface area (TPSA) is 44.7 Å². The van der Waals surface area contributed by atoms with E-state index in [2.05, 4.69) is 10.2 Å². The second kappa shape index (κ2) is 3.30. The maximum absolute atomic E-state index is 9.54. The van der Waals surface area contributed by atoms with Gasteiger partial charge in [0, 0.05) is 39.3 Å². The molecule has 2 heterocycles. The van der Waals surface area contributed by atoms with Gasteiger partial charge in [-0.3, -0.25) is 4.90 Å². The van der Waals surface area contributed by atoms with E-state index < -0.39 is 0 Å². The molecule has 2 aliphatic rings. The molecule has 4 heteroatoms. The number of nitrogens with one attached hydrogen (secondary N) is 1. The van der Waals surface area contributed by atoms with Crippen LogP contribution >= 0.6 is 0 Å². The summed E-state index contributed by atoms with van der Waals surface area (Å²) in [5.74, 6) is 0. The number of aliphatic hydroxyl groups is 1. The van der Waals surface area contributed by atoms with Crippen LogP contribution in [0.5, 0.6) is 0 Å². The maximum Gasteiger partial charge on any atom is 0.0831 e. The van der Waals surface area contributed by atoms with Gasteiger partial charge in [0.15, 0.2) is 0 Å². The van der Waals surface area contributed by atoms with E-state index in [0.717, 1.165) is 26.2 Å². The average molecular weight is 172 g/mol. The minimum Gasteiger partial charge on any atom is -0.390 e. The molecule has 2 saturated heterocycles. The highest BCUT2D eigenvalue weighted by Crippen LogP contribution is 2.18. The maximum atomic E-state index is 9.54. The Labute approximate surface area is 72.5 Å². The lowest BCUT2D eigenvalue weighted by molar-refractivity contribution is -0.0659. The molecule has 0 aromatic carbocycles. The van der Waals surface area contributed by atoms with Gasteiger partial charge < -0.3 is 15.2 Å². The molecule has 12 heavy (non-hydrogen) atoms. The summed E-state index contributed by atoms with van der Waals surface area (Å²) in [6, 6.07) is 0.316. The number of methoxy groups -OCH3 is 1. The van der Waals surface area contributed by atoms with Crippen molar-refractivity contribution >= 4 is 0 Å². The van der Waals surface area contributed by atoms with Crippen LogP contribution in [-0.2, 0) is 4.74 Å². The summed E-state index contributed by atoms with van der Waals surface area (Å²) in [4.78, 5) is 2.28. The van der Waals surface area contributed by atoms with Crippen LogP contribution < -0.4 is 5.32 Å². The highest BCUT2D eigenvalue weighted by atomic mass is 16.5. The van der Waals surface area contributed by atoms with E-state index in [4.69, 9.17) is 4.74 Å². The molecule has 0 aromatic rings. The Hall–Kier alpha value is -0.160. The summed E-state index contributed by atoms with van der Waals surface area (Å²) in [6.45, 7) is 3.59. The van der Waals surface area contributed by atoms with Crippen LogP contribution in [0.2, 0.25) is 0 Å². The van der Waals surface area contributed by atoms with E-state index in [1.807, 2.05) is 0 Å². The van der Waals surface area contributed by atoms with Gasteiger partial charge in [-0.25, -0.2) is 0 Å². The SMILES string of the molecule is COC1CN(C2CNCC2O)C1. The Kier molecular flexibility index (Phi) is 2.32. The first kappa shape index (κ1) is 8.44. The monoisotopic (exact) mass is 172 g/mol. The zero-order chi connectivity index (χ0) is 8.55. The first-order chi connectivity index (χ1) is 5.81. The molecule has 0 amide bonds. The second-order valence-electron chi connectivity index (χ2n) is 3.60. The summed E-state index contributed by atoms with van der Waals surface area (Å²) in [5.41, 5.74) is 0. The van der Waals surface area contributed by atoms with Crippen LogP contribution in [0.25, 0.3) is 0 Å². The van der Waals surface area contributed by atoms with Crippen LogP contribution in [0.4, 0.5) is 0 Å². The lowest BCUT2D eigenvalue weighted by atomic mass is 10.1. The first-order valence-corrected chi connectivity index (χ1v) is 4.47. The van der Waals surface area contributed by atoms with Crippen molar-refractivity contribution in [1.82, 2.24) is 10.2 Å². The predicted octanol–water partition coefficient (Wildman–Crippen LogP) is -1.35. The van der Waals surface area contributed by atoms with E-state index >= 15 is 0 Å². The molecule has 0 aromatic heterocycles. The molecule has 2 fully saturated rings. The van der Waals surface area contributed by atoms with Crippen LogP contribution in [0.15, 0.2) is 0 Å². The molecule has 2 rings (SSSR count). The van der Waals surface area contributed by atoms with Gasteiger partial charge in [0.25, 0.3) is 0 Å². The quantitative estimate of drug-likeness (QED) is 0.540. The predicted molar refractivity (Wildman–Crippen MR) is 45.0 cm³/mol. The second-order valence-corrected chi connectivity index (χ2v) is 3.60. The van der Waals surface area contributed by atoms with Crippen LogP contribution in [0.3, 0.4) is 0 Å². The van der Waals surface area contributed by atoms with E-state index in [1.165, 1.54) is 0 Å². The Bertz CT molecular complexity index is 159. The third kappa shape index (κ3) is 1.35. The molecule has 0 saturated carbocycles. The molecule has 0 radical (unpaired) electrons. The average Bonchev–Trinajstić information content (AvgIpc) is 2.35. The number of β-amino-alcohol motifs (C(OH)–C–C–N with tert-alkyl or cyclic N) is 1. The van der Waals surface area contributed by atoms with Gasteiger partial charge in [0.2, 0.25) is 0 Å². The van der Waals surface area contributed by atoms with Crippen molar-refractivity contribution in [3.8, 4) is 0 Å². The van der Waals surface area contributed by atoms with Gasteiger partial charge in [0.05, 0.1) is 12.2 Å². The normalized spacial score (nSPS) is 38.5. The number of nitrogens with zero attached hydrogens (tertiary/aromatic N) is 1. The number of ether oxygens (including phenoxy) is 1. The van der Waals surface area contributed by atoms with Gasteiger partial charge in [-0.15, -0.1) is 0 Å². The Morgan fingerprint density at radius 2 is 2.17 bits per heavy atom. The number of hydrogen-bond donors (Lipinski definition) is 2. The van der Waals surface area contributed by atoms with Gasteiger partial charge in [-0.2, -0.15) is 0 Å². The Morgan fingerprint density at radius 3 is 2.67 bits per heavy atom. The van der Waals surface area contributed by atoms with Crippen molar-refractivity contribution in [2.24, 2.45) is 0 Å². The van der Waals surface area contributed by atoms with Crippen LogP contribution in [-0.4, -0.2) is 61.5 Å². The summed E-state index contributed by atoms with van der Waals surface area (Å²) >= 11 is 0. The van der Waals surface area contributed by atoms with Gasteiger partial charge in [0.1, 0.15) is 0 Å². The molecule has 0 aliphatic carbocycles. The van der Waals surface area contributed by atoms with Crippen LogP contribution in [0, 0.1) is 0 Å². The molecule has 4 nitrogen and oxygen atoms in total. The van der Waals surface area contributed by atoms with E-state index in [0.29, 0.717) is 12.1 Å². The minimum absolute atomic E-state index is 0.192. The zero-order valence-corrected chi connectivity index (χ0v) is 7.36. The Balaban J connectivity index is 1.79. The van der Waals surface area contributed by atoms with Crippen molar-refractivity contribution in [3.05, 3.63) is 0 Å². The molecular weight excluding hydrogens is 156 g/mol. The molecule has 0 spiro atoms. The number of likely N-dealkylation sites (tertiary alicyclic amines) is 1. The third-order valence-electron chi connectivity index (χ3n) is 2.83. The molecule has 70 valence electrons. The fraction of sp³-hybridized carbons (Fsp3) is 1.00. The molecular formula is C8H16N2O2. The zero-order valence-electron chi connectivity index (χ0n) is 7.36. The summed E-state index contributed by atoms with van der Waals surface area (Å²) in [5, 5.41) is 12.7. The molecule has 2 unspecified atom stereocenters. The van der Waals surface area contributed by atoms with Gasteiger partial charge in [-0.05, 0) is 0 Å². The smallest absolute Gasteiger partial charge is 0.0831 e. The summed E-state index contributed by atoms with van der Waals surface area (Å²) in [7, 11) is 1.74. The molecule has 2 aliphatic heterocycles. The largest absolute Gasteiger partial charge is 0.390 e. The van der Waals surface area contributed by atoms with E-state index in [-0.39, 0.29) is 6.10 Å². The summed E-state index contributed by atoms with van der Waals surface area (Å²) in [6.07, 6.45) is 0.195. The van der Waals surface area contributed by atoms with Crippen molar-refractivity contribution in [2.45, 2.75) is 18.2 Å². The molecule has 0 bridgehead atoms. The third-order valence-corrected chi connectivity index (χ3v) is 2.83. The van der Waals surface area contributed by atoms with Gasteiger partial charge in [-0.1, -0.05) is 0 Å². The Morgan fingerprint density at radius 1 is 1.42 bits per heavy atom. The van der Waals surface area contributed by atoms with Crippen LogP contribution in [0.1, 0.15) is 0 Å². The van der Waals surface area contributed by atoms with E-state index in [1.54, 1.807) is 7.11 Å². The molecule has 2 atom stereocenters. The fourth-order valence-electron chi connectivity index (χ4n) is 1.91. The number of aliphatic hydroxyl groups excluding tert-OH is 1. The highest BCUT2D eigenvalue weighted by Gasteiger charge is 2.37. The van der Waals surface area contributed by atoms with Crippen molar-refractivity contribution < 1.29 is 9.84 Å². The lowest BCUT2D eigenvalue weighted by Crippen LogP contribution is -2.59. The number of hydrogen-bond acceptors (Lipinski definition) is 4. The van der Waals surface area contributed by atoms with Crippen molar-refractivity contribution in [1.29, 1.82) is 0 Å². The number of rotatable bonds is 2. The fourth-order valence-corrected chi connectivity index (χ4v) is 1.91. The van der Waals surface area contributed by atoms with Crippen molar-refractivity contribution in [3.63, 3.8) is 0 Å². The summed E-state index contributed by atoms with van der Waals surface area (Å²) < 4.78 is 5.17. The molecule has 2 N–H and O–H groups in total. The highest BCUT2D eigenvalue weighted by molar-refractivity contribution is 4.94. The van der Waals surface area contributed by atoms with E-state index in [9.17, 15) is 5.11 Å². The van der Waals surface area contributed by atoms with Crippen molar-refractivity contribution in [2.75, 3.05) is 33.3 Å². The minimum atomic E-state index is -0.192. The lowest BCUT2D eigenvalue weighted by Gasteiger charge is -2.42.